The highest BCUT2D eigenvalue weighted by Crippen LogP contribution is 2.32. The van der Waals surface area contributed by atoms with Crippen LogP contribution >= 0.6 is 0 Å². The summed E-state index contributed by atoms with van der Waals surface area (Å²) in [6.07, 6.45) is 3.60. The van der Waals surface area contributed by atoms with Crippen LogP contribution in [0.2, 0.25) is 0 Å². The molecular weight excluding hydrogens is 200 g/mol. The molecule has 1 rings (SSSR count). The van der Waals surface area contributed by atoms with E-state index in [4.69, 9.17) is 4.74 Å². The summed E-state index contributed by atoms with van der Waals surface area (Å²) in [7, 11) is 1.65. The van der Waals surface area contributed by atoms with Crippen molar-refractivity contribution in [2.75, 3.05) is 7.11 Å². The largest absolute Gasteiger partial charge is 0.497 e. The number of aliphatic hydroxyl groups is 1. The molecular formula is C14H22O2. The molecule has 0 aliphatic heterocycles. The van der Waals surface area contributed by atoms with Crippen LogP contribution in [0, 0.1) is 0 Å². The van der Waals surface area contributed by atoms with Crippen molar-refractivity contribution in [3.8, 4) is 5.75 Å². The molecule has 2 heteroatoms. The molecule has 0 spiro atoms. The number of ether oxygens (including phenoxy) is 1. The fraction of sp³-hybridized carbons (Fsp3) is 0.571. The molecule has 0 bridgehead atoms. The van der Waals surface area contributed by atoms with Gasteiger partial charge in [-0.3, -0.25) is 0 Å². The monoisotopic (exact) mass is 222 g/mol. The third-order valence-electron chi connectivity index (χ3n) is 2.95. The van der Waals surface area contributed by atoms with Gasteiger partial charge >= 0.3 is 0 Å². The second-order valence-electron chi connectivity index (χ2n) is 4.26. The van der Waals surface area contributed by atoms with Gasteiger partial charge in [0, 0.05) is 0 Å². The van der Waals surface area contributed by atoms with E-state index in [1.54, 1.807) is 7.11 Å². The maximum Gasteiger partial charge on any atom is 0.118 e. The van der Waals surface area contributed by atoms with Crippen molar-refractivity contribution in [2.24, 2.45) is 0 Å². The Morgan fingerprint density at radius 3 is 1.94 bits per heavy atom. The van der Waals surface area contributed by atoms with E-state index in [0.717, 1.165) is 37.0 Å². The molecule has 0 amide bonds. The average Bonchev–Trinajstić information content (AvgIpc) is 2.30. The van der Waals surface area contributed by atoms with E-state index in [-0.39, 0.29) is 0 Å². The summed E-state index contributed by atoms with van der Waals surface area (Å²) >= 11 is 0. The van der Waals surface area contributed by atoms with E-state index < -0.39 is 5.60 Å². The molecule has 0 aliphatic carbocycles. The summed E-state index contributed by atoms with van der Waals surface area (Å²) in [6, 6.07) is 7.74. The number of benzene rings is 1. The molecule has 0 atom stereocenters. The minimum absolute atomic E-state index is 0.671. The molecule has 0 unspecified atom stereocenters. The third-order valence-corrected chi connectivity index (χ3v) is 2.95. The number of hydrogen-bond acceptors (Lipinski definition) is 2. The fourth-order valence-electron chi connectivity index (χ4n) is 2.14. The Labute approximate surface area is 98.3 Å². The lowest BCUT2D eigenvalue weighted by Crippen LogP contribution is -2.25. The van der Waals surface area contributed by atoms with Crippen LogP contribution in [0.5, 0.6) is 5.75 Å². The SMILES string of the molecule is CCCC(O)(CCC)c1ccc(OC)cc1. The van der Waals surface area contributed by atoms with Crippen molar-refractivity contribution >= 4 is 0 Å². The lowest BCUT2D eigenvalue weighted by atomic mass is 9.85. The Kier molecular flexibility index (Phi) is 4.81. The Balaban J connectivity index is 2.91. The topological polar surface area (TPSA) is 29.5 Å². The maximum atomic E-state index is 10.6. The molecule has 0 radical (unpaired) electrons. The second-order valence-corrected chi connectivity index (χ2v) is 4.26. The van der Waals surface area contributed by atoms with E-state index in [1.165, 1.54) is 0 Å². The van der Waals surface area contributed by atoms with Gasteiger partial charge in [-0.1, -0.05) is 38.8 Å². The molecule has 0 saturated heterocycles. The summed E-state index contributed by atoms with van der Waals surface area (Å²) in [6.45, 7) is 4.20. The molecule has 0 aromatic heterocycles. The van der Waals surface area contributed by atoms with Crippen LogP contribution in [0.3, 0.4) is 0 Å². The lowest BCUT2D eigenvalue weighted by molar-refractivity contribution is 0.0169. The summed E-state index contributed by atoms with van der Waals surface area (Å²) in [5, 5.41) is 10.6. The van der Waals surface area contributed by atoms with Crippen LogP contribution in [-0.4, -0.2) is 12.2 Å². The highest BCUT2D eigenvalue weighted by atomic mass is 16.5. The Morgan fingerprint density at radius 2 is 1.56 bits per heavy atom. The van der Waals surface area contributed by atoms with E-state index in [0.29, 0.717) is 0 Å². The van der Waals surface area contributed by atoms with Crippen molar-refractivity contribution in [1.82, 2.24) is 0 Å². The van der Waals surface area contributed by atoms with Crippen LogP contribution in [0.4, 0.5) is 0 Å². The third kappa shape index (κ3) is 2.99. The number of methoxy groups -OCH3 is 1. The van der Waals surface area contributed by atoms with Gasteiger partial charge in [-0.15, -0.1) is 0 Å². The molecule has 0 heterocycles. The van der Waals surface area contributed by atoms with Crippen LogP contribution in [0.1, 0.15) is 45.1 Å². The quantitative estimate of drug-likeness (QED) is 0.798. The standard InChI is InChI=1S/C14H22O2/c1-4-10-14(15,11-5-2)12-6-8-13(16-3)9-7-12/h6-9,15H,4-5,10-11H2,1-3H3. The van der Waals surface area contributed by atoms with Crippen LogP contribution < -0.4 is 4.74 Å². The van der Waals surface area contributed by atoms with Gasteiger partial charge in [-0.25, -0.2) is 0 Å². The predicted octanol–water partition coefficient (Wildman–Crippen LogP) is 3.48. The fourth-order valence-corrected chi connectivity index (χ4v) is 2.14. The molecule has 0 saturated carbocycles. The van der Waals surface area contributed by atoms with Crippen LogP contribution in [0.25, 0.3) is 0 Å². The minimum atomic E-state index is -0.671. The Hall–Kier alpha value is -1.02. The van der Waals surface area contributed by atoms with Crippen LogP contribution in [-0.2, 0) is 5.60 Å². The smallest absolute Gasteiger partial charge is 0.118 e. The van der Waals surface area contributed by atoms with Gasteiger partial charge in [0.25, 0.3) is 0 Å². The molecule has 0 aliphatic rings. The Bertz CT molecular complexity index is 297. The van der Waals surface area contributed by atoms with E-state index >= 15 is 0 Å². The van der Waals surface area contributed by atoms with Gasteiger partial charge in [0.05, 0.1) is 12.7 Å². The highest BCUT2D eigenvalue weighted by Gasteiger charge is 2.26. The first-order chi connectivity index (χ1) is 7.66. The van der Waals surface area contributed by atoms with Crippen molar-refractivity contribution in [2.45, 2.75) is 45.1 Å². The van der Waals surface area contributed by atoms with Gasteiger partial charge in [-0.2, -0.15) is 0 Å². The zero-order chi connectivity index (χ0) is 12.0. The van der Waals surface area contributed by atoms with Crippen LogP contribution in [0.15, 0.2) is 24.3 Å². The first-order valence-corrected chi connectivity index (χ1v) is 6.03. The van der Waals surface area contributed by atoms with Gasteiger partial charge in [0.2, 0.25) is 0 Å². The lowest BCUT2D eigenvalue weighted by Gasteiger charge is -2.28. The van der Waals surface area contributed by atoms with E-state index in [9.17, 15) is 5.11 Å². The molecule has 1 aromatic rings. The van der Waals surface area contributed by atoms with Gasteiger partial charge in [-0.05, 0) is 30.5 Å². The van der Waals surface area contributed by atoms with Gasteiger partial charge in [0.1, 0.15) is 5.75 Å². The van der Waals surface area contributed by atoms with E-state index in [2.05, 4.69) is 13.8 Å². The van der Waals surface area contributed by atoms with E-state index in [1.807, 2.05) is 24.3 Å². The summed E-state index contributed by atoms with van der Waals surface area (Å²) in [5.41, 5.74) is 0.326. The molecule has 2 nitrogen and oxygen atoms in total. The molecule has 16 heavy (non-hydrogen) atoms. The molecule has 90 valence electrons. The van der Waals surface area contributed by atoms with Crippen molar-refractivity contribution in [3.05, 3.63) is 29.8 Å². The normalized spacial score (nSPS) is 11.5. The summed E-state index contributed by atoms with van der Waals surface area (Å²) < 4.78 is 5.12. The molecule has 0 fully saturated rings. The van der Waals surface area contributed by atoms with Crippen molar-refractivity contribution in [3.63, 3.8) is 0 Å². The first-order valence-electron chi connectivity index (χ1n) is 6.03. The number of hydrogen-bond donors (Lipinski definition) is 1. The minimum Gasteiger partial charge on any atom is -0.497 e. The second kappa shape index (κ2) is 5.90. The molecule has 1 N–H and O–H groups in total. The number of rotatable bonds is 6. The molecule has 1 aromatic carbocycles. The highest BCUT2D eigenvalue weighted by molar-refractivity contribution is 5.30. The maximum absolute atomic E-state index is 10.6. The average molecular weight is 222 g/mol. The zero-order valence-corrected chi connectivity index (χ0v) is 10.5. The predicted molar refractivity (Wildman–Crippen MR) is 66.7 cm³/mol. The van der Waals surface area contributed by atoms with Gasteiger partial charge in [0.15, 0.2) is 0 Å². The zero-order valence-electron chi connectivity index (χ0n) is 10.5. The first kappa shape index (κ1) is 13.0. The summed E-state index contributed by atoms with van der Waals surface area (Å²) in [5.74, 6) is 0.832. The van der Waals surface area contributed by atoms with Crippen molar-refractivity contribution < 1.29 is 9.84 Å². The Morgan fingerprint density at radius 1 is 1.06 bits per heavy atom. The van der Waals surface area contributed by atoms with Crippen molar-refractivity contribution in [1.29, 1.82) is 0 Å². The summed E-state index contributed by atoms with van der Waals surface area (Å²) in [4.78, 5) is 0. The van der Waals surface area contributed by atoms with Gasteiger partial charge < -0.3 is 9.84 Å².